The molecule has 0 aliphatic heterocycles. The van der Waals surface area contributed by atoms with E-state index in [1.807, 2.05) is 0 Å². The van der Waals surface area contributed by atoms with Crippen LogP contribution in [-0.4, -0.2) is 78.5 Å². The number of aromatic nitrogens is 6. The van der Waals surface area contributed by atoms with Gasteiger partial charge in [0, 0.05) is 22.3 Å². The molecule has 0 amide bonds. The van der Waals surface area contributed by atoms with Crippen LogP contribution in [0, 0.1) is 0 Å². The van der Waals surface area contributed by atoms with E-state index in [0.29, 0.717) is 0 Å². The Morgan fingerprint density at radius 1 is 0.667 bits per heavy atom. The number of benzene rings is 2. The molecule has 0 radical (unpaired) electrons. The van der Waals surface area contributed by atoms with Gasteiger partial charge in [0.05, 0.1) is 21.2 Å². The zero-order valence-electron chi connectivity index (χ0n) is 25.8. The van der Waals surface area contributed by atoms with Gasteiger partial charge in [-0.1, -0.05) is 24.3 Å². The third-order valence-electron chi connectivity index (χ3n) is 5.87. The van der Waals surface area contributed by atoms with Crippen LogP contribution in [0.4, 0.5) is 23.8 Å². The molecule has 0 spiro atoms. The van der Waals surface area contributed by atoms with Crippen molar-refractivity contribution >= 4 is 55.4 Å². The van der Waals surface area contributed by atoms with E-state index in [-0.39, 0.29) is 106 Å². The second-order valence-corrected chi connectivity index (χ2v) is 12.2. The van der Waals surface area contributed by atoms with Crippen LogP contribution in [0.15, 0.2) is 46.2 Å². The van der Waals surface area contributed by atoms with E-state index in [9.17, 15) is 36.2 Å². The average Bonchev–Trinajstić information content (AvgIpc) is 2.93. The van der Waals surface area contributed by atoms with E-state index in [1.165, 1.54) is 26.0 Å². The van der Waals surface area contributed by atoms with Crippen molar-refractivity contribution in [2.75, 3.05) is 22.1 Å². The molecule has 4 aromatic rings. The topological polar surface area (TPSA) is 360 Å². The Morgan fingerprint density at radius 3 is 1.29 bits per heavy atom. The van der Waals surface area contributed by atoms with Gasteiger partial charge in [-0.15, -0.1) is 0 Å². The number of nitrogens with two attached hydrogens (primary N) is 4. The Labute approximate surface area is 318 Å². The van der Waals surface area contributed by atoms with Crippen LogP contribution >= 0.6 is 0 Å². The summed E-state index contributed by atoms with van der Waals surface area (Å²) >= 11 is 0. The van der Waals surface area contributed by atoms with Crippen molar-refractivity contribution in [3.8, 4) is 22.8 Å². The van der Waals surface area contributed by atoms with Crippen LogP contribution < -0.4 is 92.7 Å². The first-order valence-corrected chi connectivity index (χ1v) is 15.5. The Kier molecular flexibility index (Phi) is 13.6. The summed E-state index contributed by atoms with van der Waals surface area (Å²) in [7, 11) is -10.6. The second-order valence-electron chi connectivity index (χ2n) is 9.48. The van der Waals surface area contributed by atoms with Crippen LogP contribution in [0.5, 0.6) is 0 Å². The molecular weight excluding hydrogens is 694 g/mol. The molecule has 2 unspecified atom stereocenters. The van der Waals surface area contributed by atoms with Gasteiger partial charge in [0.1, 0.15) is 32.7 Å². The van der Waals surface area contributed by atoms with Gasteiger partial charge in [-0.2, -0.15) is 29.9 Å². The van der Waals surface area contributed by atoms with Crippen molar-refractivity contribution < 1.29 is 95.3 Å². The van der Waals surface area contributed by atoms with Crippen molar-refractivity contribution in [3.05, 3.63) is 47.5 Å². The Bertz CT molecular complexity index is 1940. The van der Waals surface area contributed by atoms with Crippen molar-refractivity contribution in [2.24, 2.45) is 11.5 Å². The largest absolute Gasteiger partial charge is 1.00 e. The monoisotopic (exact) mass is 720 g/mol. The van der Waals surface area contributed by atoms with Gasteiger partial charge in [-0.3, -0.25) is 0 Å². The van der Waals surface area contributed by atoms with Crippen molar-refractivity contribution in [2.45, 2.75) is 36.1 Å². The summed E-state index contributed by atoms with van der Waals surface area (Å²) in [6, 6.07) is 6.49. The maximum atomic E-state index is 12.3. The fraction of sp³-hybridized carbons (Fsp3) is 0.167. The molecule has 0 bridgehead atoms. The quantitative estimate of drug-likeness (QED) is 0.0326. The summed E-state index contributed by atoms with van der Waals surface area (Å²) in [5.41, 5.74) is 21.7. The standard InChI is InChI=1S/C24H28N12O8S2.2Na/c1-9(37)29-23-33-19(31-21(27)35-23)11-3-5-13(15(7-11)45(39,40)41)17(25)18(26)14-6-4-12(8-16(14)46(42,43)44)20-32-22(28)36-24(34-20)30-10(2)38;;/h3-10,37-38H,25-26H2,1-2H3,(H,39,40,41)(H,42,43,44)(H3,27,29,31,33,35)(H3,28,30,32,34,36);;/q;2*+1/p-2. The normalized spacial score (nSPS) is 13.3. The Hall–Kier alpha value is -3.26. The molecule has 48 heavy (non-hydrogen) atoms. The summed E-state index contributed by atoms with van der Waals surface area (Å²) in [6.45, 7) is 2.76. The van der Waals surface area contributed by atoms with Gasteiger partial charge in [0.25, 0.3) is 0 Å². The molecule has 2 aromatic carbocycles. The number of nitrogens with one attached hydrogen (secondary N) is 2. The van der Waals surface area contributed by atoms with Gasteiger partial charge < -0.3 is 52.9 Å². The van der Waals surface area contributed by atoms with E-state index in [0.717, 1.165) is 24.3 Å². The van der Waals surface area contributed by atoms with Crippen LogP contribution in [0.25, 0.3) is 34.2 Å². The van der Waals surface area contributed by atoms with Crippen LogP contribution in [0.3, 0.4) is 0 Å². The van der Waals surface area contributed by atoms with E-state index in [4.69, 9.17) is 22.9 Å². The van der Waals surface area contributed by atoms with E-state index >= 15 is 0 Å². The molecule has 0 saturated carbocycles. The van der Waals surface area contributed by atoms with Gasteiger partial charge in [0.15, 0.2) is 11.6 Å². The molecule has 0 fully saturated rings. The second kappa shape index (κ2) is 16.0. The Balaban J connectivity index is 0.00000400. The third kappa shape index (κ3) is 9.90. The fourth-order valence-electron chi connectivity index (χ4n) is 4.02. The van der Waals surface area contributed by atoms with Crippen molar-refractivity contribution in [3.63, 3.8) is 0 Å². The van der Waals surface area contributed by atoms with Crippen LogP contribution in [0.2, 0.25) is 0 Å². The number of nitrogens with zero attached hydrogens (tertiary/aromatic N) is 6. The molecular formula is C24H26N12Na2O8S2. The predicted octanol–water partition coefficient (Wildman–Crippen LogP) is -7.39. The number of nitrogen functional groups attached to an aromatic ring is 2. The number of aliphatic hydroxyl groups is 2. The van der Waals surface area contributed by atoms with Gasteiger partial charge in [-0.05, 0) is 26.0 Å². The molecule has 244 valence electrons. The van der Waals surface area contributed by atoms with Gasteiger partial charge in [-0.25, -0.2) is 16.8 Å². The SMILES string of the molecule is CC(O)Nc1nc(N)nc(-c2ccc(C(N)=C(N)c3ccc(-c4nc(N)nc(NC(C)O)n4)cc3S(=O)(=O)[O-])c(S(=O)(=O)[O-])c2)n1.[Na+].[Na+]. The molecule has 2 aromatic heterocycles. The van der Waals surface area contributed by atoms with Crippen molar-refractivity contribution in [1.82, 2.24) is 29.9 Å². The molecule has 20 nitrogen and oxygen atoms in total. The average molecular weight is 721 g/mol. The minimum Gasteiger partial charge on any atom is -0.744 e. The maximum Gasteiger partial charge on any atom is 1.00 e. The van der Waals surface area contributed by atoms with Crippen molar-refractivity contribution in [1.29, 1.82) is 0 Å². The molecule has 12 N–H and O–H groups in total. The molecule has 0 saturated heterocycles. The van der Waals surface area contributed by atoms with E-state index in [2.05, 4.69) is 40.5 Å². The maximum absolute atomic E-state index is 12.3. The van der Waals surface area contributed by atoms with Crippen LogP contribution in [-0.2, 0) is 20.2 Å². The summed E-state index contributed by atoms with van der Waals surface area (Å²) in [6.07, 6.45) is -2.17. The van der Waals surface area contributed by atoms with Gasteiger partial charge >= 0.3 is 59.1 Å². The summed E-state index contributed by atoms with van der Waals surface area (Å²) in [5.74, 6) is -1.24. The number of hydrogen-bond donors (Lipinski definition) is 8. The molecule has 2 heterocycles. The number of hydrogen-bond acceptors (Lipinski definition) is 20. The number of rotatable bonds is 10. The molecule has 0 aliphatic rings. The number of aliphatic hydroxyl groups excluding tert-OH is 2. The summed E-state index contributed by atoms with van der Waals surface area (Å²) in [4.78, 5) is 21.7. The minimum atomic E-state index is -5.28. The van der Waals surface area contributed by atoms with Gasteiger partial charge in [0.2, 0.25) is 23.8 Å². The predicted molar refractivity (Wildman–Crippen MR) is 161 cm³/mol. The van der Waals surface area contributed by atoms with E-state index < -0.39 is 65.0 Å². The summed E-state index contributed by atoms with van der Waals surface area (Å²) in [5, 5.41) is 24.1. The zero-order valence-corrected chi connectivity index (χ0v) is 31.4. The fourth-order valence-corrected chi connectivity index (χ4v) is 5.45. The number of anilines is 4. The molecule has 0 aliphatic carbocycles. The first kappa shape index (κ1) is 40.9. The molecule has 24 heteroatoms. The molecule has 4 rings (SSSR count). The smallest absolute Gasteiger partial charge is 0.744 e. The summed E-state index contributed by atoms with van der Waals surface area (Å²) < 4.78 is 74.0. The zero-order chi connectivity index (χ0) is 34.1. The van der Waals surface area contributed by atoms with E-state index in [1.54, 1.807) is 0 Å². The molecule has 2 atom stereocenters. The first-order valence-electron chi connectivity index (χ1n) is 12.7. The minimum absolute atomic E-state index is 0. The first-order chi connectivity index (χ1) is 21.3. The third-order valence-corrected chi connectivity index (χ3v) is 7.62. The van der Waals surface area contributed by atoms with Crippen LogP contribution in [0.1, 0.15) is 25.0 Å². The Morgan fingerprint density at radius 2 is 1.00 bits per heavy atom.